The number of hydrogen-bond acceptors (Lipinski definition) is 3. The van der Waals surface area contributed by atoms with Gasteiger partial charge in [-0.2, -0.15) is 0 Å². The van der Waals surface area contributed by atoms with Gasteiger partial charge in [0.1, 0.15) is 5.82 Å². The molecule has 3 saturated heterocycles. The van der Waals surface area contributed by atoms with E-state index >= 15 is 0 Å². The van der Waals surface area contributed by atoms with Crippen molar-refractivity contribution in [1.29, 1.82) is 0 Å². The van der Waals surface area contributed by atoms with Crippen molar-refractivity contribution >= 4 is 24.2 Å². The Hall–Kier alpha value is -1.66. The lowest BCUT2D eigenvalue weighted by Gasteiger charge is -2.39. The van der Waals surface area contributed by atoms with Gasteiger partial charge >= 0.3 is 0 Å². The van der Waals surface area contributed by atoms with Gasteiger partial charge in [0.2, 0.25) is 5.91 Å². The minimum Gasteiger partial charge on any atom is -0.342 e. The van der Waals surface area contributed by atoms with Crippen molar-refractivity contribution in [2.24, 2.45) is 5.92 Å². The van der Waals surface area contributed by atoms with Crippen molar-refractivity contribution in [2.75, 3.05) is 20.1 Å². The molecule has 1 N–H and O–H groups in total. The summed E-state index contributed by atoms with van der Waals surface area (Å²) in [5, 5.41) is 3.62. The molecule has 3 fully saturated rings. The molecule has 0 aromatic heterocycles. The number of fused-ring (bicyclic) bond motifs is 2. The van der Waals surface area contributed by atoms with Crippen molar-refractivity contribution in [2.45, 2.75) is 56.7 Å². The van der Waals surface area contributed by atoms with Crippen molar-refractivity contribution < 1.29 is 14.0 Å². The maximum Gasteiger partial charge on any atom is 0.253 e. The van der Waals surface area contributed by atoms with E-state index in [0.29, 0.717) is 36.8 Å². The van der Waals surface area contributed by atoms with Crippen LogP contribution in [0.3, 0.4) is 0 Å². The minimum atomic E-state index is -0.351. The van der Waals surface area contributed by atoms with Gasteiger partial charge in [0, 0.05) is 43.8 Å². The normalized spacial score (nSPS) is 29.1. The summed E-state index contributed by atoms with van der Waals surface area (Å²) in [6.45, 7) is 1.11. The van der Waals surface area contributed by atoms with Crippen LogP contribution >= 0.6 is 12.4 Å². The third-order valence-electron chi connectivity index (χ3n) is 6.49. The molecule has 0 saturated carbocycles. The van der Waals surface area contributed by atoms with E-state index in [1.54, 1.807) is 4.90 Å². The first kappa shape index (κ1) is 21.1. The van der Waals surface area contributed by atoms with E-state index in [2.05, 4.69) is 5.32 Å². The summed E-state index contributed by atoms with van der Waals surface area (Å²) < 4.78 is 13.1. The molecule has 3 heterocycles. The van der Waals surface area contributed by atoms with Crippen LogP contribution in [-0.2, 0) is 4.79 Å². The molecule has 154 valence electrons. The van der Waals surface area contributed by atoms with Crippen LogP contribution in [0, 0.1) is 11.7 Å². The van der Waals surface area contributed by atoms with Crippen LogP contribution in [0.25, 0.3) is 0 Å². The number of amides is 2. The molecule has 2 bridgehead atoms. The summed E-state index contributed by atoms with van der Waals surface area (Å²) >= 11 is 0. The van der Waals surface area contributed by atoms with E-state index < -0.39 is 0 Å². The summed E-state index contributed by atoms with van der Waals surface area (Å²) in [5.41, 5.74) is 0.479. The van der Waals surface area contributed by atoms with E-state index in [1.165, 1.54) is 37.1 Å². The van der Waals surface area contributed by atoms with E-state index in [0.717, 1.165) is 25.7 Å². The number of carbonyl (C=O) groups excluding carboxylic acids is 2. The smallest absolute Gasteiger partial charge is 0.253 e. The highest BCUT2D eigenvalue weighted by atomic mass is 35.5. The van der Waals surface area contributed by atoms with Gasteiger partial charge in [-0.1, -0.05) is 0 Å². The Balaban J connectivity index is 0.00000225. The van der Waals surface area contributed by atoms with Crippen LogP contribution in [0.15, 0.2) is 24.3 Å². The zero-order valence-corrected chi connectivity index (χ0v) is 17.1. The highest BCUT2D eigenvalue weighted by molar-refractivity contribution is 5.94. The van der Waals surface area contributed by atoms with E-state index in [4.69, 9.17) is 0 Å². The molecule has 1 aromatic carbocycles. The second-order valence-electron chi connectivity index (χ2n) is 8.31. The molecule has 7 heteroatoms. The molecule has 4 rings (SSSR count). The fourth-order valence-corrected chi connectivity index (χ4v) is 4.95. The van der Waals surface area contributed by atoms with E-state index in [1.807, 2.05) is 11.9 Å². The van der Waals surface area contributed by atoms with Gasteiger partial charge in [0.15, 0.2) is 0 Å². The third kappa shape index (κ3) is 4.33. The van der Waals surface area contributed by atoms with Crippen LogP contribution in [0.5, 0.6) is 0 Å². The number of benzene rings is 1. The van der Waals surface area contributed by atoms with Crippen molar-refractivity contribution in [1.82, 2.24) is 15.1 Å². The Morgan fingerprint density at radius 3 is 2.39 bits per heavy atom. The zero-order valence-electron chi connectivity index (χ0n) is 16.3. The molecule has 0 spiro atoms. The van der Waals surface area contributed by atoms with Gasteiger partial charge in [-0.05, 0) is 62.8 Å². The number of hydrogen-bond donors (Lipinski definition) is 1. The van der Waals surface area contributed by atoms with Crippen LogP contribution < -0.4 is 5.32 Å². The number of carbonyl (C=O) groups is 2. The SMILES string of the molecule is CN(C(=O)C1CCCN(C(=O)c2ccc(F)cc2)C1)C1CC2CCC(C1)N2.Cl. The quantitative estimate of drug-likeness (QED) is 0.835. The average molecular weight is 410 g/mol. The Morgan fingerprint density at radius 1 is 1.11 bits per heavy atom. The molecule has 0 radical (unpaired) electrons. The molecular weight excluding hydrogens is 381 g/mol. The molecule has 3 aliphatic rings. The fourth-order valence-electron chi connectivity index (χ4n) is 4.95. The first-order chi connectivity index (χ1) is 13.0. The minimum absolute atomic E-state index is 0. The van der Waals surface area contributed by atoms with Crippen molar-refractivity contribution in [3.63, 3.8) is 0 Å². The summed E-state index contributed by atoms with van der Waals surface area (Å²) in [7, 11) is 1.93. The first-order valence-corrected chi connectivity index (χ1v) is 10.1. The Bertz CT molecular complexity index is 702. The third-order valence-corrected chi connectivity index (χ3v) is 6.49. The maximum absolute atomic E-state index is 13.1. The number of nitrogens with one attached hydrogen (secondary N) is 1. The monoisotopic (exact) mass is 409 g/mol. The molecule has 3 unspecified atom stereocenters. The summed E-state index contributed by atoms with van der Waals surface area (Å²) in [4.78, 5) is 29.5. The zero-order chi connectivity index (χ0) is 19.0. The van der Waals surface area contributed by atoms with Gasteiger partial charge in [-0.3, -0.25) is 9.59 Å². The predicted octanol–water partition coefficient (Wildman–Crippen LogP) is 2.84. The number of nitrogens with zero attached hydrogens (tertiary/aromatic N) is 2. The molecular formula is C21H29ClFN3O2. The number of likely N-dealkylation sites (tertiary alicyclic amines) is 1. The highest BCUT2D eigenvalue weighted by Gasteiger charge is 2.38. The largest absolute Gasteiger partial charge is 0.342 e. The van der Waals surface area contributed by atoms with Crippen LogP contribution in [0.4, 0.5) is 4.39 Å². The van der Waals surface area contributed by atoms with Crippen LogP contribution in [0.1, 0.15) is 48.9 Å². The lowest BCUT2D eigenvalue weighted by atomic mass is 9.93. The molecule has 0 aliphatic carbocycles. The molecule has 28 heavy (non-hydrogen) atoms. The Labute approximate surface area is 172 Å². The highest BCUT2D eigenvalue weighted by Crippen LogP contribution is 2.30. The van der Waals surface area contributed by atoms with Crippen LogP contribution in [0.2, 0.25) is 0 Å². The maximum atomic E-state index is 13.1. The molecule has 3 atom stereocenters. The van der Waals surface area contributed by atoms with Gasteiger partial charge < -0.3 is 15.1 Å². The second kappa shape index (κ2) is 8.78. The Kier molecular flexibility index (Phi) is 6.61. The summed E-state index contributed by atoms with van der Waals surface area (Å²) in [6, 6.07) is 7.04. The summed E-state index contributed by atoms with van der Waals surface area (Å²) in [5.74, 6) is -0.440. The average Bonchev–Trinajstić information content (AvgIpc) is 3.04. The second-order valence-corrected chi connectivity index (χ2v) is 8.31. The number of halogens is 2. The van der Waals surface area contributed by atoms with Gasteiger partial charge in [0.25, 0.3) is 5.91 Å². The van der Waals surface area contributed by atoms with Gasteiger partial charge in [-0.25, -0.2) is 4.39 Å². The van der Waals surface area contributed by atoms with Crippen molar-refractivity contribution in [3.05, 3.63) is 35.6 Å². The number of rotatable bonds is 3. The number of piperidine rings is 2. The van der Waals surface area contributed by atoms with E-state index in [-0.39, 0.29) is 36.0 Å². The molecule has 1 aromatic rings. The molecule has 3 aliphatic heterocycles. The predicted molar refractivity (Wildman–Crippen MR) is 108 cm³/mol. The van der Waals surface area contributed by atoms with Gasteiger partial charge in [-0.15, -0.1) is 12.4 Å². The molecule has 5 nitrogen and oxygen atoms in total. The topological polar surface area (TPSA) is 52.7 Å². The summed E-state index contributed by atoms with van der Waals surface area (Å²) in [6.07, 6.45) is 6.15. The van der Waals surface area contributed by atoms with E-state index in [9.17, 15) is 14.0 Å². The lowest BCUT2D eigenvalue weighted by Crippen LogP contribution is -2.52. The first-order valence-electron chi connectivity index (χ1n) is 10.1. The standard InChI is InChI=1S/C21H28FN3O2.ClH/c1-24(19-11-17-8-9-18(12-19)23-17)20(26)15-3-2-10-25(13-15)21(27)14-4-6-16(22)7-5-14;/h4-7,15,17-19,23H,2-3,8-13H2,1H3;1H. The van der Waals surface area contributed by atoms with Crippen LogP contribution in [-0.4, -0.2) is 59.9 Å². The Morgan fingerprint density at radius 2 is 1.75 bits per heavy atom. The fraction of sp³-hybridized carbons (Fsp3) is 0.619. The lowest BCUT2D eigenvalue weighted by molar-refractivity contribution is -0.138. The molecule has 2 amide bonds. The van der Waals surface area contributed by atoms with Gasteiger partial charge in [0.05, 0.1) is 5.92 Å². The van der Waals surface area contributed by atoms with Crippen molar-refractivity contribution in [3.8, 4) is 0 Å².